The van der Waals surface area contributed by atoms with Crippen LogP contribution in [0.4, 0.5) is 0 Å². The van der Waals surface area contributed by atoms with E-state index in [0.717, 1.165) is 21.2 Å². The molecule has 0 saturated carbocycles. The van der Waals surface area contributed by atoms with Gasteiger partial charge in [-0.25, -0.2) is 8.42 Å². The summed E-state index contributed by atoms with van der Waals surface area (Å²) in [6.07, 6.45) is -0.945. The molecule has 0 amide bonds. The molecule has 0 spiro atoms. The lowest BCUT2D eigenvalue weighted by molar-refractivity contribution is -0.0118. The van der Waals surface area contributed by atoms with Crippen LogP contribution in [0, 0.1) is 6.92 Å². The number of halogens is 1. The summed E-state index contributed by atoms with van der Waals surface area (Å²) >= 11 is 3.34. The molecule has 3 aromatic carbocycles. The van der Waals surface area contributed by atoms with Crippen molar-refractivity contribution in [1.82, 2.24) is 9.21 Å². The van der Waals surface area contributed by atoms with Gasteiger partial charge in [0, 0.05) is 37.2 Å². The summed E-state index contributed by atoms with van der Waals surface area (Å²) in [6.45, 7) is 4.59. The lowest BCUT2D eigenvalue weighted by Crippen LogP contribution is -2.50. The molecule has 35 heavy (non-hydrogen) atoms. The van der Waals surface area contributed by atoms with Crippen LogP contribution in [0.1, 0.15) is 22.8 Å². The molecule has 1 aliphatic rings. The molecule has 2 atom stereocenters. The van der Waals surface area contributed by atoms with Gasteiger partial charge in [0.05, 0.1) is 17.6 Å². The van der Waals surface area contributed by atoms with E-state index in [-0.39, 0.29) is 12.7 Å². The van der Waals surface area contributed by atoms with Gasteiger partial charge in [-0.2, -0.15) is 4.31 Å². The maximum absolute atomic E-state index is 12.9. The average molecular weight is 560 g/mol. The van der Waals surface area contributed by atoms with Crippen LogP contribution in [-0.4, -0.2) is 68.2 Å². The fourth-order valence-corrected chi connectivity index (χ4v) is 6.03. The fourth-order valence-electron chi connectivity index (χ4n) is 4.34. The van der Waals surface area contributed by atoms with E-state index in [1.165, 1.54) is 4.31 Å². The smallest absolute Gasteiger partial charge is 0.243 e. The highest BCUT2D eigenvalue weighted by molar-refractivity contribution is 9.10. The lowest BCUT2D eigenvalue weighted by atomic mass is 9.97. The van der Waals surface area contributed by atoms with Crippen molar-refractivity contribution in [3.63, 3.8) is 0 Å². The molecule has 1 fully saturated rings. The highest BCUT2D eigenvalue weighted by Gasteiger charge is 2.29. The molecule has 0 aliphatic carbocycles. The summed E-state index contributed by atoms with van der Waals surface area (Å²) in [5.74, 6) is 0. The van der Waals surface area contributed by atoms with Gasteiger partial charge in [0.2, 0.25) is 10.0 Å². The van der Waals surface area contributed by atoms with Gasteiger partial charge < -0.3 is 9.84 Å². The molecule has 0 bridgehead atoms. The number of β-amino-alcohol motifs (C(OH)–C–C–N with tert-alkyl or cyclic N) is 1. The van der Waals surface area contributed by atoms with Gasteiger partial charge in [-0.1, -0.05) is 70.5 Å². The normalized spacial score (nSPS) is 17.2. The second kappa shape index (κ2) is 11.8. The quantitative estimate of drug-likeness (QED) is 0.425. The zero-order valence-corrected chi connectivity index (χ0v) is 22.2. The van der Waals surface area contributed by atoms with Crippen LogP contribution in [0.3, 0.4) is 0 Å². The number of piperazine rings is 1. The molecule has 3 aromatic rings. The van der Waals surface area contributed by atoms with Gasteiger partial charge in [0.15, 0.2) is 0 Å². The average Bonchev–Trinajstić information content (AvgIpc) is 2.86. The SMILES string of the molecule is Cc1ccccc1[C@H](OC[C@H](O)CN1CCN(S(=O)(=O)c2ccc(Br)cc2)CC1)c1ccccc1. The van der Waals surface area contributed by atoms with Gasteiger partial charge in [-0.3, -0.25) is 4.90 Å². The Bertz CT molecular complexity index is 1200. The minimum absolute atomic E-state index is 0.186. The predicted molar refractivity (Wildman–Crippen MR) is 141 cm³/mol. The maximum Gasteiger partial charge on any atom is 0.243 e. The Labute approximate surface area is 216 Å². The molecular weight excluding hydrogens is 528 g/mol. The largest absolute Gasteiger partial charge is 0.389 e. The third-order valence-electron chi connectivity index (χ3n) is 6.28. The second-order valence-corrected chi connectivity index (χ2v) is 11.6. The summed E-state index contributed by atoms with van der Waals surface area (Å²) in [7, 11) is -3.52. The molecule has 4 rings (SSSR count). The topological polar surface area (TPSA) is 70.1 Å². The maximum atomic E-state index is 12.9. The van der Waals surface area contributed by atoms with Crippen molar-refractivity contribution in [1.29, 1.82) is 0 Å². The number of aryl methyl sites for hydroxylation is 1. The molecule has 1 saturated heterocycles. The third-order valence-corrected chi connectivity index (χ3v) is 8.72. The number of sulfonamides is 1. The van der Waals surface area contributed by atoms with E-state index in [0.29, 0.717) is 37.6 Å². The van der Waals surface area contributed by atoms with Crippen molar-refractivity contribution in [2.75, 3.05) is 39.3 Å². The summed E-state index contributed by atoms with van der Waals surface area (Å²) in [6, 6.07) is 24.9. The molecule has 1 aliphatic heterocycles. The molecule has 1 N–H and O–H groups in total. The molecule has 0 radical (unpaired) electrons. The molecule has 0 aromatic heterocycles. The zero-order chi connectivity index (χ0) is 24.8. The molecule has 1 heterocycles. The zero-order valence-electron chi connectivity index (χ0n) is 19.8. The van der Waals surface area contributed by atoms with E-state index in [9.17, 15) is 13.5 Å². The first-order valence-corrected chi connectivity index (χ1v) is 14.0. The molecule has 6 nitrogen and oxygen atoms in total. The van der Waals surface area contributed by atoms with E-state index in [4.69, 9.17) is 4.74 Å². The lowest BCUT2D eigenvalue weighted by Gasteiger charge is -2.35. The van der Waals surface area contributed by atoms with Crippen LogP contribution in [0.15, 0.2) is 88.2 Å². The molecule has 0 unspecified atom stereocenters. The first-order chi connectivity index (χ1) is 16.8. The highest BCUT2D eigenvalue weighted by atomic mass is 79.9. The number of benzene rings is 3. The summed E-state index contributed by atoms with van der Waals surface area (Å²) in [4.78, 5) is 2.39. The predicted octanol–water partition coefficient (Wildman–Crippen LogP) is 4.23. The van der Waals surface area contributed by atoms with Crippen molar-refractivity contribution in [3.05, 3.63) is 100 Å². The summed E-state index contributed by atoms with van der Waals surface area (Å²) in [5.41, 5.74) is 3.26. The van der Waals surface area contributed by atoms with Gasteiger partial charge >= 0.3 is 0 Å². The van der Waals surface area contributed by atoms with Crippen molar-refractivity contribution >= 4 is 26.0 Å². The van der Waals surface area contributed by atoms with Crippen LogP contribution in [0.2, 0.25) is 0 Å². The number of rotatable bonds is 9. The van der Waals surface area contributed by atoms with Crippen LogP contribution in [0.25, 0.3) is 0 Å². The second-order valence-electron chi connectivity index (χ2n) is 8.79. The Hall–Kier alpha value is -2.07. The van der Waals surface area contributed by atoms with Crippen LogP contribution >= 0.6 is 15.9 Å². The van der Waals surface area contributed by atoms with Gasteiger partial charge in [-0.05, 0) is 47.9 Å². The Morgan fingerprint density at radius 2 is 1.54 bits per heavy atom. The molecular formula is C27H31BrN2O4S. The third kappa shape index (κ3) is 6.58. The number of ether oxygens (including phenoxy) is 1. The van der Waals surface area contributed by atoms with Gasteiger partial charge in [0.1, 0.15) is 6.10 Å². The van der Waals surface area contributed by atoms with Crippen molar-refractivity contribution in [3.8, 4) is 0 Å². The van der Waals surface area contributed by atoms with Gasteiger partial charge in [-0.15, -0.1) is 0 Å². The standard InChI is InChI=1S/C27H31BrN2O4S/c1-21-7-5-6-10-26(21)27(22-8-3-2-4-9-22)34-20-24(31)19-29-15-17-30(18-16-29)35(32,33)25-13-11-23(28)12-14-25/h2-14,24,27,31H,15-20H2,1H3/t24-,27-/m1/s1. The number of nitrogens with zero attached hydrogens (tertiary/aromatic N) is 2. The van der Waals surface area contributed by atoms with E-state index in [1.54, 1.807) is 24.3 Å². The Kier molecular flexibility index (Phi) is 8.75. The number of aliphatic hydroxyl groups is 1. The monoisotopic (exact) mass is 558 g/mol. The molecule has 186 valence electrons. The first-order valence-electron chi connectivity index (χ1n) is 11.7. The summed E-state index contributed by atoms with van der Waals surface area (Å²) in [5, 5.41) is 10.7. The number of hydrogen-bond donors (Lipinski definition) is 1. The van der Waals surface area contributed by atoms with Crippen LogP contribution in [0.5, 0.6) is 0 Å². The first kappa shape index (κ1) is 26.0. The van der Waals surface area contributed by atoms with E-state index < -0.39 is 16.1 Å². The molecule has 8 heteroatoms. The minimum atomic E-state index is -3.52. The Balaban J connectivity index is 1.33. The minimum Gasteiger partial charge on any atom is -0.389 e. The van der Waals surface area contributed by atoms with Crippen molar-refractivity contribution in [2.24, 2.45) is 0 Å². The number of aliphatic hydroxyl groups excluding tert-OH is 1. The van der Waals surface area contributed by atoms with Gasteiger partial charge in [0.25, 0.3) is 0 Å². The van der Waals surface area contributed by atoms with Crippen LogP contribution in [-0.2, 0) is 14.8 Å². The van der Waals surface area contributed by atoms with E-state index in [2.05, 4.69) is 39.9 Å². The van der Waals surface area contributed by atoms with Crippen LogP contribution < -0.4 is 0 Å². The van der Waals surface area contributed by atoms with E-state index in [1.807, 2.05) is 42.5 Å². The van der Waals surface area contributed by atoms with Crippen molar-refractivity contribution < 1.29 is 18.3 Å². The number of hydrogen-bond acceptors (Lipinski definition) is 5. The van der Waals surface area contributed by atoms with Crippen molar-refractivity contribution in [2.45, 2.75) is 24.0 Å². The Morgan fingerprint density at radius 3 is 2.20 bits per heavy atom. The highest BCUT2D eigenvalue weighted by Crippen LogP contribution is 2.28. The van der Waals surface area contributed by atoms with E-state index >= 15 is 0 Å². The Morgan fingerprint density at radius 1 is 0.914 bits per heavy atom. The fraction of sp³-hybridized carbons (Fsp3) is 0.333. The summed E-state index contributed by atoms with van der Waals surface area (Å²) < 4.78 is 34.5.